The Morgan fingerprint density at radius 3 is 2.52 bits per heavy atom. The molecule has 1 aromatic carbocycles. The second-order valence-electron chi connectivity index (χ2n) is 7.22. The van der Waals surface area contributed by atoms with Crippen molar-refractivity contribution in [3.8, 4) is 5.75 Å². The fourth-order valence-corrected chi connectivity index (χ4v) is 3.01. The number of benzene rings is 1. The van der Waals surface area contributed by atoms with E-state index in [9.17, 15) is 9.59 Å². The molecular formula is C20H30N2O3. The molecule has 0 bridgehead atoms. The Bertz CT molecular complexity index is 569. The largest absolute Gasteiger partial charge is 0.484 e. The van der Waals surface area contributed by atoms with Crippen LogP contribution in [0.15, 0.2) is 24.3 Å². The molecule has 25 heavy (non-hydrogen) atoms. The van der Waals surface area contributed by atoms with E-state index in [4.69, 9.17) is 4.74 Å². The van der Waals surface area contributed by atoms with Crippen LogP contribution >= 0.6 is 0 Å². The summed E-state index contributed by atoms with van der Waals surface area (Å²) in [6.45, 7) is 7.23. The molecule has 0 aromatic heterocycles. The van der Waals surface area contributed by atoms with Gasteiger partial charge >= 0.3 is 0 Å². The quantitative estimate of drug-likeness (QED) is 0.744. The smallest absolute Gasteiger partial charge is 0.258 e. The van der Waals surface area contributed by atoms with Crippen molar-refractivity contribution in [1.29, 1.82) is 0 Å². The second-order valence-corrected chi connectivity index (χ2v) is 7.22. The molecule has 1 saturated heterocycles. The lowest BCUT2D eigenvalue weighted by molar-refractivity contribution is -0.123. The maximum Gasteiger partial charge on any atom is 0.258 e. The monoisotopic (exact) mass is 346 g/mol. The first-order valence-electron chi connectivity index (χ1n) is 9.28. The summed E-state index contributed by atoms with van der Waals surface area (Å²) in [5.41, 5.74) is 0.887. The zero-order valence-corrected chi connectivity index (χ0v) is 15.6. The topological polar surface area (TPSA) is 58.6 Å². The third-order valence-corrected chi connectivity index (χ3v) is 4.42. The maximum absolute atomic E-state index is 12.0. The summed E-state index contributed by atoms with van der Waals surface area (Å²) >= 11 is 0. The maximum atomic E-state index is 12.0. The summed E-state index contributed by atoms with van der Waals surface area (Å²) in [6, 6.07) is 7.51. The Balaban J connectivity index is 1.71. The number of anilines is 1. The fraction of sp³-hybridized carbons (Fsp3) is 0.600. The van der Waals surface area contributed by atoms with Gasteiger partial charge in [0.2, 0.25) is 5.91 Å². The molecule has 0 radical (unpaired) electrons. The van der Waals surface area contributed by atoms with Gasteiger partial charge in [0.15, 0.2) is 6.61 Å². The zero-order valence-electron chi connectivity index (χ0n) is 15.6. The van der Waals surface area contributed by atoms with Gasteiger partial charge in [0, 0.05) is 24.7 Å². The van der Waals surface area contributed by atoms with E-state index in [0.29, 0.717) is 18.1 Å². The third-order valence-electron chi connectivity index (χ3n) is 4.42. The number of hydrogen-bond donors (Lipinski definition) is 1. The van der Waals surface area contributed by atoms with Crippen LogP contribution in [0.25, 0.3) is 0 Å². The highest BCUT2D eigenvalue weighted by molar-refractivity contribution is 5.95. The highest BCUT2D eigenvalue weighted by Gasteiger charge is 2.21. The zero-order chi connectivity index (χ0) is 18.2. The van der Waals surface area contributed by atoms with Gasteiger partial charge in [-0.15, -0.1) is 0 Å². The summed E-state index contributed by atoms with van der Waals surface area (Å²) in [5.74, 6) is 1.40. The lowest BCUT2D eigenvalue weighted by Gasteiger charge is -2.17. The molecule has 1 fully saturated rings. The molecule has 1 heterocycles. The van der Waals surface area contributed by atoms with E-state index in [1.54, 1.807) is 17.0 Å². The van der Waals surface area contributed by atoms with E-state index in [-0.39, 0.29) is 24.5 Å². The number of nitrogens with one attached hydrogen (secondary N) is 1. The van der Waals surface area contributed by atoms with Gasteiger partial charge in [-0.2, -0.15) is 0 Å². The van der Waals surface area contributed by atoms with Crippen molar-refractivity contribution in [2.24, 2.45) is 5.92 Å². The normalized spacial score (nSPS) is 15.5. The van der Waals surface area contributed by atoms with Crippen molar-refractivity contribution in [1.82, 2.24) is 5.32 Å². The van der Waals surface area contributed by atoms with E-state index in [0.717, 1.165) is 31.5 Å². The van der Waals surface area contributed by atoms with Crippen molar-refractivity contribution < 1.29 is 14.3 Å². The Kier molecular flexibility index (Phi) is 7.29. The number of carbonyl (C=O) groups is 2. The van der Waals surface area contributed by atoms with E-state index >= 15 is 0 Å². The van der Waals surface area contributed by atoms with Gasteiger partial charge in [0.1, 0.15) is 5.75 Å². The van der Waals surface area contributed by atoms with Crippen LogP contribution in [-0.4, -0.2) is 31.0 Å². The van der Waals surface area contributed by atoms with Gasteiger partial charge in [-0.1, -0.05) is 26.7 Å². The number of carbonyl (C=O) groups excluding carboxylic acids is 2. The summed E-state index contributed by atoms with van der Waals surface area (Å²) in [5, 5.41) is 2.97. The minimum atomic E-state index is -0.101. The minimum absolute atomic E-state index is 0.0104. The highest BCUT2D eigenvalue weighted by atomic mass is 16.5. The molecule has 1 aromatic rings. The lowest BCUT2D eigenvalue weighted by Crippen LogP contribution is -2.36. The molecular weight excluding hydrogens is 316 g/mol. The average Bonchev–Trinajstić information content (AvgIpc) is 2.99. The highest BCUT2D eigenvalue weighted by Crippen LogP contribution is 2.23. The molecule has 5 nitrogen and oxygen atoms in total. The molecule has 138 valence electrons. The van der Waals surface area contributed by atoms with Crippen molar-refractivity contribution in [2.75, 3.05) is 18.1 Å². The Morgan fingerprint density at radius 1 is 1.20 bits per heavy atom. The van der Waals surface area contributed by atoms with Crippen molar-refractivity contribution in [3.05, 3.63) is 24.3 Å². The minimum Gasteiger partial charge on any atom is -0.484 e. The van der Waals surface area contributed by atoms with Crippen LogP contribution in [0.1, 0.15) is 52.9 Å². The van der Waals surface area contributed by atoms with Crippen molar-refractivity contribution in [2.45, 2.75) is 58.9 Å². The third kappa shape index (κ3) is 6.40. The Morgan fingerprint density at radius 2 is 1.92 bits per heavy atom. The van der Waals surface area contributed by atoms with Crippen LogP contribution < -0.4 is 15.0 Å². The van der Waals surface area contributed by atoms with Crippen LogP contribution in [0.3, 0.4) is 0 Å². The fourth-order valence-electron chi connectivity index (χ4n) is 3.01. The van der Waals surface area contributed by atoms with Crippen molar-refractivity contribution in [3.63, 3.8) is 0 Å². The molecule has 1 aliphatic heterocycles. The van der Waals surface area contributed by atoms with E-state index in [2.05, 4.69) is 19.2 Å². The van der Waals surface area contributed by atoms with Gasteiger partial charge in [0.25, 0.3) is 5.91 Å². The van der Waals surface area contributed by atoms with Crippen LogP contribution in [0.2, 0.25) is 0 Å². The molecule has 1 unspecified atom stereocenters. The predicted octanol–water partition coefficient (Wildman–Crippen LogP) is 3.52. The number of amides is 2. The number of rotatable bonds is 9. The number of nitrogens with zero attached hydrogens (tertiary/aromatic N) is 1. The number of ether oxygens (including phenoxy) is 1. The average molecular weight is 346 g/mol. The summed E-state index contributed by atoms with van der Waals surface area (Å²) < 4.78 is 5.54. The molecule has 0 saturated carbocycles. The molecule has 2 rings (SSSR count). The van der Waals surface area contributed by atoms with Gasteiger partial charge in [-0.3, -0.25) is 9.59 Å². The van der Waals surface area contributed by atoms with Gasteiger partial charge in [0.05, 0.1) is 0 Å². The number of hydrogen-bond acceptors (Lipinski definition) is 3. The van der Waals surface area contributed by atoms with E-state index in [1.807, 2.05) is 19.1 Å². The lowest BCUT2D eigenvalue weighted by atomic mass is 10.0. The van der Waals surface area contributed by atoms with Gasteiger partial charge < -0.3 is 15.0 Å². The molecule has 1 atom stereocenters. The molecule has 1 N–H and O–H groups in total. The van der Waals surface area contributed by atoms with Crippen molar-refractivity contribution >= 4 is 17.5 Å². The van der Waals surface area contributed by atoms with Crippen LogP contribution in [0.4, 0.5) is 5.69 Å². The Hall–Kier alpha value is -2.04. The first-order valence-corrected chi connectivity index (χ1v) is 9.28. The summed E-state index contributed by atoms with van der Waals surface area (Å²) in [7, 11) is 0. The molecule has 0 aliphatic carbocycles. The van der Waals surface area contributed by atoms with E-state index in [1.165, 1.54) is 6.42 Å². The standard InChI is InChI=1S/C20H30N2O3/c1-15(2)6-4-7-16(3)21-19(23)14-25-18-11-9-17(10-12-18)22-13-5-8-20(22)24/h9-12,15-16H,4-8,13-14H2,1-3H3,(H,21,23). The molecule has 1 aliphatic rings. The van der Waals surface area contributed by atoms with Gasteiger partial charge in [-0.25, -0.2) is 0 Å². The van der Waals surface area contributed by atoms with Crippen LogP contribution in [0, 0.1) is 5.92 Å². The van der Waals surface area contributed by atoms with Crippen LogP contribution in [0.5, 0.6) is 5.75 Å². The summed E-state index contributed by atoms with van der Waals surface area (Å²) in [4.78, 5) is 25.5. The molecule has 2 amide bonds. The SMILES string of the molecule is CC(C)CCCC(C)NC(=O)COc1ccc(N2CCCC2=O)cc1. The predicted molar refractivity (Wildman–Crippen MR) is 99.8 cm³/mol. The Labute approximate surface area is 150 Å². The molecule has 0 spiro atoms. The van der Waals surface area contributed by atoms with Gasteiger partial charge in [-0.05, 0) is 49.9 Å². The van der Waals surface area contributed by atoms with Crippen LogP contribution in [-0.2, 0) is 9.59 Å². The summed E-state index contributed by atoms with van der Waals surface area (Å²) in [6.07, 6.45) is 4.82. The van der Waals surface area contributed by atoms with E-state index < -0.39 is 0 Å². The first-order chi connectivity index (χ1) is 12.0. The second kappa shape index (κ2) is 9.44. The molecule has 5 heteroatoms. The first kappa shape index (κ1) is 19.3.